The summed E-state index contributed by atoms with van der Waals surface area (Å²) in [7, 11) is 0. The van der Waals surface area contributed by atoms with Crippen molar-refractivity contribution in [1.82, 2.24) is 10.3 Å². The van der Waals surface area contributed by atoms with E-state index in [1.165, 1.54) is 36.4 Å². The van der Waals surface area contributed by atoms with Gasteiger partial charge in [0.25, 0.3) is 11.8 Å². The molecule has 1 aromatic heterocycles. The lowest BCUT2D eigenvalue weighted by Crippen LogP contribution is -2.25. The molecule has 0 aliphatic carbocycles. The molecule has 5 nitrogen and oxygen atoms in total. The minimum absolute atomic E-state index is 0.0512. The average Bonchev–Trinajstić information content (AvgIpc) is 2.69. The molecule has 0 bridgehead atoms. The Balaban J connectivity index is 1.69. The summed E-state index contributed by atoms with van der Waals surface area (Å²) in [6.07, 6.45) is 0. The van der Waals surface area contributed by atoms with Crippen molar-refractivity contribution >= 4 is 17.5 Å². The molecule has 0 fully saturated rings. The molecule has 0 unspecified atom stereocenters. The SMILES string of the molecule is O=C(NCc1ccccc1F)c1cccc(C(=O)Nc2ccc(F)cc2F)n1. The van der Waals surface area contributed by atoms with E-state index in [0.717, 1.165) is 12.1 Å². The molecular weight excluding hydrogens is 371 g/mol. The van der Waals surface area contributed by atoms with Crippen molar-refractivity contribution in [3.05, 3.63) is 95.1 Å². The monoisotopic (exact) mass is 385 g/mol. The van der Waals surface area contributed by atoms with Crippen LogP contribution in [-0.2, 0) is 6.54 Å². The minimum Gasteiger partial charge on any atom is -0.347 e. The van der Waals surface area contributed by atoms with Gasteiger partial charge in [0.1, 0.15) is 28.8 Å². The molecule has 3 rings (SSSR count). The van der Waals surface area contributed by atoms with Gasteiger partial charge in [-0.15, -0.1) is 0 Å². The van der Waals surface area contributed by atoms with Crippen molar-refractivity contribution in [3.63, 3.8) is 0 Å². The first-order chi connectivity index (χ1) is 13.4. The normalized spacial score (nSPS) is 10.4. The van der Waals surface area contributed by atoms with Gasteiger partial charge in [-0.1, -0.05) is 24.3 Å². The molecule has 0 aliphatic heterocycles. The van der Waals surface area contributed by atoms with Gasteiger partial charge in [0.05, 0.1) is 5.69 Å². The number of hydrogen-bond donors (Lipinski definition) is 2. The summed E-state index contributed by atoms with van der Waals surface area (Å²) in [6, 6.07) is 12.8. The number of carbonyl (C=O) groups excluding carboxylic acids is 2. The van der Waals surface area contributed by atoms with E-state index in [1.54, 1.807) is 6.07 Å². The van der Waals surface area contributed by atoms with Gasteiger partial charge in [-0.2, -0.15) is 0 Å². The van der Waals surface area contributed by atoms with Gasteiger partial charge in [0, 0.05) is 18.2 Å². The highest BCUT2D eigenvalue weighted by Crippen LogP contribution is 2.16. The van der Waals surface area contributed by atoms with Gasteiger partial charge in [-0.25, -0.2) is 18.2 Å². The molecule has 0 saturated heterocycles. The Morgan fingerprint density at radius 1 is 0.821 bits per heavy atom. The third-order valence-electron chi connectivity index (χ3n) is 3.79. The van der Waals surface area contributed by atoms with Crippen LogP contribution in [0.1, 0.15) is 26.5 Å². The Morgan fingerprint density at radius 3 is 2.25 bits per heavy atom. The van der Waals surface area contributed by atoms with E-state index in [0.29, 0.717) is 11.6 Å². The molecule has 1 heterocycles. The highest BCUT2D eigenvalue weighted by Gasteiger charge is 2.14. The van der Waals surface area contributed by atoms with Crippen LogP contribution in [-0.4, -0.2) is 16.8 Å². The van der Waals surface area contributed by atoms with Crippen LogP contribution in [0.5, 0.6) is 0 Å². The van der Waals surface area contributed by atoms with Gasteiger partial charge in [0.15, 0.2) is 0 Å². The number of pyridine rings is 1. The van der Waals surface area contributed by atoms with Gasteiger partial charge in [-0.3, -0.25) is 9.59 Å². The molecular formula is C20H14F3N3O2. The van der Waals surface area contributed by atoms with Crippen LogP contribution in [0, 0.1) is 17.5 Å². The number of carbonyl (C=O) groups is 2. The number of benzene rings is 2. The third kappa shape index (κ3) is 4.53. The van der Waals surface area contributed by atoms with Crippen LogP contribution in [0.15, 0.2) is 60.7 Å². The Labute approximate surface area is 158 Å². The molecule has 28 heavy (non-hydrogen) atoms. The first kappa shape index (κ1) is 19.1. The largest absolute Gasteiger partial charge is 0.347 e. The second-order valence-corrected chi connectivity index (χ2v) is 5.76. The number of nitrogens with zero attached hydrogens (tertiary/aromatic N) is 1. The van der Waals surface area contributed by atoms with Gasteiger partial charge >= 0.3 is 0 Å². The van der Waals surface area contributed by atoms with E-state index in [1.807, 2.05) is 0 Å². The second kappa shape index (κ2) is 8.34. The maximum atomic E-state index is 13.7. The van der Waals surface area contributed by atoms with Crippen LogP contribution >= 0.6 is 0 Å². The van der Waals surface area contributed by atoms with E-state index in [4.69, 9.17) is 0 Å². The Kier molecular flexibility index (Phi) is 5.69. The van der Waals surface area contributed by atoms with Crippen LogP contribution in [0.2, 0.25) is 0 Å². The maximum Gasteiger partial charge on any atom is 0.274 e. The molecule has 0 spiro atoms. The minimum atomic E-state index is -0.938. The summed E-state index contributed by atoms with van der Waals surface area (Å²) in [5.74, 6) is -3.54. The number of anilines is 1. The van der Waals surface area contributed by atoms with Crippen molar-refractivity contribution in [2.75, 3.05) is 5.32 Å². The van der Waals surface area contributed by atoms with Crippen molar-refractivity contribution < 1.29 is 22.8 Å². The summed E-state index contributed by atoms with van der Waals surface area (Å²) in [5, 5.41) is 4.77. The van der Waals surface area contributed by atoms with Crippen LogP contribution in [0.25, 0.3) is 0 Å². The lowest BCUT2D eigenvalue weighted by Gasteiger charge is -2.08. The lowest BCUT2D eigenvalue weighted by molar-refractivity contribution is 0.0945. The number of amides is 2. The lowest BCUT2D eigenvalue weighted by atomic mass is 10.2. The Hall–Kier alpha value is -3.68. The fourth-order valence-electron chi connectivity index (χ4n) is 2.37. The quantitative estimate of drug-likeness (QED) is 0.704. The summed E-state index contributed by atoms with van der Waals surface area (Å²) >= 11 is 0. The number of halogens is 3. The van der Waals surface area contributed by atoms with E-state index in [2.05, 4.69) is 15.6 Å². The second-order valence-electron chi connectivity index (χ2n) is 5.76. The van der Waals surface area contributed by atoms with Crippen molar-refractivity contribution in [1.29, 1.82) is 0 Å². The average molecular weight is 385 g/mol. The predicted molar refractivity (Wildman–Crippen MR) is 96.1 cm³/mol. The highest BCUT2D eigenvalue weighted by molar-refractivity contribution is 6.03. The number of nitrogens with one attached hydrogen (secondary N) is 2. The number of aromatic nitrogens is 1. The Morgan fingerprint density at radius 2 is 1.54 bits per heavy atom. The predicted octanol–water partition coefficient (Wildman–Crippen LogP) is 3.68. The molecule has 2 N–H and O–H groups in total. The van der Waals surface area contributed by atoms with E-state index in [9.17, 15) is 22.8 Å². The number of hydrogen-bond acceptors (Lipinski definition) is 3. The molecule has 0 aliphatic rings. The number of rotatable bonds is 5. The zero-order chi connectivity index (χ0) is 20.1. The molecule has 2 amide bonds. The van der Waals surface area contributed by atoms with Crippen molar-refractivity contribution in [2.24, 2.45) is 0 Å². The molecule has 3 aromatic rings. The van der Waals surface area contributed by atoms with Crippen molar-refractivity contribution in [3.8, 4) is 0 Å². The van der Waals surface area contributed by atoms with Crippen LogP contribution < -0.4 is 10.6 Å². The smallest absolute Gasteiger partial charge is 0.274 e. The van der Waals surface area contributed by atoms with Gasteiger partial charge in [0.2, 0.25) is 0 Å². The fraction of sp³-hybridized carbons (Fsp3) is 0.0500. The molecule has 8 heteroatoms. The third-order valence-corrected chi connectivity index (χ3v) is 3.79. The maximum absolute atomic E-state index is 13.7. The summed E-state index contributed by atoms with van der Waals surface area (Å²) in [5.41, 5.74) is -0.120. The zero-order valence-corrected chi connectivity index (χ0v) is 14.4. The van der Waals surface area contributed by atoms with Crippen molar-refractivity contribution in [2.45, 2.75) is 6.54 Å². The molecule has 0 saturated carbocycles. The van der Waals surface area contributed by atoms with E-state index >= 15 is 0 Å². The van der Waals surface area contributed by atoms with Crippen LogP contribution in [0.4, 0.5) is 18.9 Å². The fourth-order valence-corrected chi connectivity index (χ4v) is 2.37. The van der Waals surface area contributed by atoms with Gasteiger partial charge in [-0.05, 0) is 30.3 Å². The molecule has 0 radical (unpaired) electrons. The van der Waals surface area contributed by atoms with E-state index in [-0.39, 0.29) is 23.6 Å². The van der Waals surface area contributed by atoms with Crippen LogP contribution in [0.3, 0.4) is 0 Å². The summed E-state index contributed by atoms with van der Waals surface area (Å²) in [6.45, 7) is -0.0512. The first-order valence-corrected chi connectivity index (χ1v) is 8.19. The van der Waals surface area contributed by atoms with Gasteiger partial charge < -0.3 is 10.6 Å². The first-order valence-electron chi connectivity index (χ1n) is 8.19. The summed E-state index contributed by atoms with van der Waals surface area (Å²) < 4.78 is 40.2. The summed E-state index contributed by atoms with van der Waals surface area (Å²) in [4.78, 5) is 28.4. The standard InChI is InChI=1S/C20H14F3N3O2/c21-13-8-9-16(15(23)10-13)26-20(28)18-7-3-6-17(25-18)19(27)24-11-12-4-1-2-5-14(12)22/h1-10H,11H2,(H,24,27)(H,26,28). The molecule has 2 aromatic carbocycles. The Bertz CT molecular complexity index is 1040. The molecule has 0 atom stereocenters. The topological polar surface area (TPSA) is 71.1 Å². The molecule has 142 valence electrons. The highest BCUT2D eigenvalue weighted by atomic mass is 19.1. The zero-order valence-electron chi connectivity index (χ0n) is 14.4. The van der Waals surface area contributed by atoms with E-state index < -0.39 is 29.3 Å².